The maximum absolute atomic E-state index is 11.7. The van der Waals surface area contributed by atoms with Crippen molar-refractivity contribution in [3.05, 3.63) is 70.8 Å². The summed E-state index contributed by atoms with van der Waals surface area (Å²) in [4.78, 5) is 11.7. The van der Waals surface area contributed by atoms with E-state index in [2.05, 4.69) is 48.5 Å². The summed E-state index contributed by atoms with van der Waals surface area (Å²) in [6.45, 7) is 0. The zero-order chi connectivity index (χ0) is 12.6. The van der Waals surface area contributed by atoms with E-state index in [4.69, 9.17) is 0 Å². The Hall–Kier alpha value is -1.89. The largest absolute Gasteiger partial charge is 0.303 e. The van der Waals surface area contributed by atoms with Gasteiger partial charge in [0.15, 0.2) is 0 Å². The molecule has 4 aliphatic carbocycles. The molecule has 0 spiro atoms. The number of benzene rings is 2. The number of carbonyl (C=O) groups is 1. The predicted octanol–water partition coefficient (Wildman–Crippen LogP) is 3.48. The molecule has 0 aliphatic heterocycles. The van der Waals surface area contributed by atoms with Crippen LogP contribution < -0.4 is 0 Å². The number of hydrogen-bond donors (Lipinski definition) is 0. The minimum absolute atomic E-state index is 0.0899. The molecule has 1 fully saturated rings. The van der Waals surface area contributed by atoms with Crippen LogP contribution in [0.25, 0.3) is 0 Å². The van der Waals surface area contributed by atoms with E-state index < -0.39 is 0 Å². The van der Waals surface area contributed by atoms with Crippen molar-refractivity contribution in [1.29, 1.82) is 0 Å². The zero-order valence-corrected chi connectivity index (χ0v) is 10.5. The van der Waals surface area contributed by atoms with Crippen LogP contribution in [0.3, 0.4) is 0 Å². The third kappa shape index (κ3) is 0.950. The van der Waals surface area contributed by atoms with Crippen molar-refractivity contribution in [3.63, 3.8) is 0 Å². The first-order valence-electron chi connectivity index (χ1n) is 7.01. The summed E-state index contributed by atoms with van der Waals surface area (Å²) in [6.07, 6.45) is 2.32. The van der Waals surface area contributed by atoms with E-state index in [1.807, 2.05) is 0 Å². The van der Waals surface area contributed by atoms with Crippen LogP contribution in [0, 0.1) is 11.3 Å². The van der Waals surface area contributed by atoms with Crippen LogP contribution in [0.15, 0.2) is 48.5 Å². The average Bonchev–Trinajstić information content (AvgIpc) is 3.23. The van der Waals surface area contributed by atoms with E-state index >= 15 is 0 Å². The van der Waals surface area contributed by atoms with E-state index in [0.29, 0.717) is 17.8 Å². The normalized spacial score (nSPS) is 36.1. The Bertz CT molecular complexity index is 670. The van der Waals surface area contributed by atoms with Crippen LogP contribution in [-0.4, -0.2) is 6.29 Å². The number of rotatable bonds is 1. The van der Waals surface area contributed by atoms with Gasteiger partial charge in [0.05, 0.1) is 0 Å². The predicted molar refractivity (Wildman–Crippen MR) is 73.2 cm³/mol. The molecule has 92 valence electrons. The van der Waals surface area contributed by atoms with E-state index in [-0.39, 0.29) is 5.41 Å². The summed E-state index contributed by atoms with van der Waals surface area (Å²) >= 11 is 0. The zero-order valence-electron chi connectivity index (χ0n) is 10.5. The first-order chi connectivity index (χ1) is 9.37. The molecule has 2 aromatic carbocycles. The lowest BCUT2D eigenvalue weighted by molar-refractivity contribution is -0.113. The summed E-state index contributed by atoms with van der Waals surface area (Å²) < 4.78 is 0. The second-order valence-electron chi connectivity index (χ2n) is 6.21. The molecule has 2 atom stereocenters. The van der Waals surface area contributed by atoms with Gasteiger partial charge >= 0.3 is 0 Å². The first kappa shape index (κ1) is 9.96. The number of hydrogen-bond acceptors (Lipinski definition) is 1. The van der Waals surface area contributed by atoms with E-state index in [9.17, 15) is 4.79 Å². The molecule has 4 aliphatic rings. The quantitative estimate of drug-likeness (QED) is 0.704. The molecule has 0 saturated heterocycles. The Labute approximate surface area is 112 Å². The first-order valence-corrected chi connectivity index (χ1v) is 7.01. The van der Waals surface area contributed by atoms with Crippen molar-refractivity contribution < 1.29 is 4.79 Å². The van der Waals surface area contributed by atoms with Gasteiger partial charge in [-0.1, -0.05) is 48.5 Å². The molecule has 0 heterocycles. The molecule has 0 N–H and O–H groups in total. The fraction of sp³-hybridized carbons (Fsp3) is 0.278. The molecule has 0 unspecified atom stereocenters. The molecule has 2 aromatic rings. The lowest BCUT2D eigenvalue weighted by Crippen LogP contribution is -2.34. The monoisotopic (exact) mass is 246 g/mol. The highest BCUT2D eigenvalue weighted by Crippen LogP contribution is 2.75. The lowest BCUT2D eigenvalue weighted by atomic mass is 9.59. The summed E-state index contributed by atoms with van der Waals surface area (Å²) in [7, 11) is 0. The third-order valence-corrected chi connectivity index (χ3v) is 5.55. The summed E-state index contributed by atoms with van der Waals surface area (Å²) in [6, 6.07) is 17.5. The van der Waals surface area contributed by atoms with Crippen LogP contribution in [-0.2, 0) is 4.79 Å². The van der Waals surface area contributed by atoms with Gasteiger partial charge in [-0.2, -0.15) is 0 Å². The average molecular weight is 246 g/mol. The summed E-state index contributed by atoms with van der Waals surface area (Å²) in [5.74, 6) is 1.29. The molecular weight excluding hydrogens is 232 g/mol. The summed E-state index contributed by atoms with van der Waals surface area (Å²) in [5, 5.41) is 0. The Morgan fingerprint density at radius 3 is 1.95 bits per heavy atom. The molecule has 6 rings (SSSR count). The third-order valence-electron chi connectivity index (χ3n) is 5.55. The van der Waals surface area contributed by atoms with Crippen molar-refractivity contribution in [1.82, 2.24) is 0 Å². The molecule has 1 heteroatoms. The van der Waals surface area contributed by atoms with Crippen molar-refractivity contribution in [3.8, 4) is 0 Å². The van der Waals surface area contributed by atoms with Crippen molar-refractivity contribution in [2.45, 2.75) is 18.3 Å². The molecule has 0 radical (unpaired) electrons. The fourth-order valence-electron chi connectivity index (χ4n) is 4.75. The van der Waals surface area contributed by atoms with Gasteiger partial charge < -0.3 is 4.79 Å². The SMILES string of the molecule is O=C[C@]12C[C@H]1C1c3ccccc3C2c2ccccc21. The highest BCUT2D eigenvalue weighted by Gasteiger charge is 2.69. The fourth-order valence-corrected chi connectivity index (χ4v) is 4.75. The van der Waals surface area contributed by atoms with Crippen LogP contribution >= 0.6 is 0 Å². The van der Waals surface area contributed by atoms with E-state index in [0.717, 1.165) is 6.42 Å². The van der Waals surface area contributed by atoms with Gasteiger partial charge in [-0.3, -0.25) is 0 Å². The Morgan fingerprint density at radius 1 is 0.895 bits per heavy atom. The van der Waals surface area contributed by atoms with Gasteiger partial charge in [-0.25, -0.2) is 0 Å². The maximum atomic E-state index is 11.7. The van der Waals surface area contributed by atoms with Crippen LogP contribution in [0.5, 0.6) is 0 Å². The van der Waals surface area contributed by atoms with Gasteiger partial charge in [-0.15, -0.1) is 0 Å². The molecule has 1 nitrogen and oxygen atoms in total. The minimum Gasteiger partial charge on any atom is -0.303 e. The Morgan fingerprint density at radius 2 is 1.42 bits per heavy atom. The van der Waals surface area contributed by atoms with Gasteiger partial charge in [-0.05, 0) is 34.6 Å². The topological polar surface area (TPSA) is 17.1 Å². The van der Waals surface area contributed by atoms with Crippen LogP contribution in [0.4, 0.5) is 0 Å². The van der Waals surface area contributed by atoms with E-state index in [1.54, 1.807) is 0 Å². The standard InChI is InChI=1S/C18H14O/c19-10-18-9-15(18)16-11-5-1-3-7-13(11)17(18)14-8-4-2-6-12(14)16/h1-8,10,15-17H,9H2/t15-,16?,17?,18+/m0/s1. The van der Waals surface area contributed by atoms with Gasteiger partial charge in [0.1, 0.15) is 6.29 Å². The molecular formula is C18H14O. The molecule has 1 saturated carbocycles. The van der Waals surface area contributed by atoms with Crippen molar-refractivity contribution in [2.24, 2.45) is 11.3 Å². The number of carbonyl (C=O) groups excluding carboxylic acids is 1. The molecule has 2 bridgehead atoms. The Balaban J connectivity index is 1.89. The molecule has 0 amide bonds. The van der Waals surface area contributed by atoms with Crippen LogP contribution in [0.1, 0.15) is 40.5 Å². The minimum atomic E-state index is -0.0899. The van der Waals surface area contributed by atoms with Crippen LogP contribution in [0.2, 0.25) is 0 Å². The van der Waals surface area contributed by atoms with Gasteiger partial charge in [0, 0.05) is 17.3 Å². The lowest BCUT2D eigenvalue weighted by Gasteiger charge is -2.43. The molecule has 0 aromatic heterocycles. The van der Waals surface area contributed by atoms with Gasteiger partial charge in [0.2, 0.25) is 0 Å². The molecule has 19 heavy (non-hydrogen) atoms. The Kier molecular flexibility index (Phi) is 1.56. The van der Waals surface area contributed by atoms with Crippen molar-refractivity contribution in [2.75, 3.05) is 0 Å². The highest BCUT2D eigenvalue weighted by molar-refractivity contribution is 5.76. The summed E-state index contributed by atoms with van der Waals surface area (Å²) in [5.41, 5.74) is 5.63. The van der Waals surface area contributed by atoms with Gasteiger partial charge in [0.25, 0.3) is 0 Å². The highest BCUT2D eigenvalue weighted by atomic mass is 16.1. The second kappa shape index (κ2) is 2.98. The second-order valence-corrected chi connectivity index (χ2v) is 6.21. The maximum Gasteiger partial charge on any atom is 0.127 e. The van der Waals surface area contributed by atoms with E-state index in [1.165, 1.54) is 28.5 Å². The van der Waals surface area contributed by atoms with Crippen molar-refractivity contribution >= 4 is 6.29 Å². The smallest absolute Gasteiger partial charge is 0.127 e. The number of aldehydes is 1.